The lowest BCUT2D eigenvalue weighted by Gasteiger charge is -2.21. The summed E-state index contributed by atoms with van der Waals surface area (Å²) in [7, 11) is 1.52. The highest BCUT2D eigenvalue weighted by Gasteiger charge is 2.35. The summed E-state index contributed by atoms with van der Waals surface area (Å²) in [6.07, 6.45) is -0.888. The molecule has 3 rings (SSSR count). The van der Waals surface area contributed by atoms with Crippen LogP contribution in [0.5, 0.6) is 11.5 Å². The van der Waals surface area contributed by atoms with Crippen molar-refractivity contribution < 1.29 is 23.8 Å². The molecule has 0 aromatic heterocycles. The molecule has 8 heteroatoms. The zero-order valence-electron chi connectivity index (χ0n) is 14.9. The number of hydrogen-bond donors (Lipinski definition) is 0. The zero-order valence-corrected chi connectivity index (χ0v) is 16.5. The van der Waals surface area contributed by atoms with Crippen molar-refractivity contribution in [2.45, 2.75) is 20.1 Å². The standard InChI is InChI=1S/C19H17BrN2O5/c1-11(23)22-19(27-18(21-22)13-5-4-6-14(20)9-13)16-10-15(25-3)7-8-17(16)26-12(2)24/h4-10,19H,1-3H3/t19-/m1/s1. The van der Waals surface area contributed by atoms with E-state index in [1.807, 2.05) is 24.3 Å². The summed E-state index contributed by atoms with van der Waals surface area (Å²) < 4.78 is 17.4. The fraction of sp³-hybridized carbons (Fsp3) is 0.211. The van der Waals surface area contributed by atoms with E-state index < -0.39 is 12.2 Å². The third-order valence-corrected chi connectivity index (χ3v) is 4.27. The van der Waals surface area contributed by atoms with E-state index in [2.05, 4.69) is 21.0 Å². The molecule has 1 atom stereocenters. The first-order valence-electron chi connectivity index (χ1n) is 8.06. The Labute approximate surface area is 164 Å². The van der Waals surface area contributed by atoms with Gasteiger partial charge in [-0.2, -0.15) is 5.01 Å². The third kappa shape index (κ3) is 4.11. The van der Waals surface area contributed by atoms with Gasteiger partial charge in [-0.25, -0.2) is 0 Å². The minimum absolute atomic E-state index is 0.269. The van der Waals surface area contributed by atoms with Crippen molar-refractivity contribution in [3.8, 4) is 11.5 Å². The van der Waals surface area contributed by atoms with Crippen LogP contribution in [0.4, 0.5) is 0 Å². The van der Waals surface area contributed by atoms with Crippen LogP contribution in [-0.2, 0) is 14.3 Å². The SMILES string of the molecule is COc1ccc(OC(C)=O)c([C@H]2OC(c3cccc(Br)c3)=NN2C(C)=O)c1. The van der Waals surface area contributed by atoms with Gasteiger partial charge in [0.25, 0.3) is 0 Å². The van der Waals surface area contributed by atoms with Crippen molar-refractivity contribution in [3.05, 3.63) is 58.1 Å². The Morgan fingerprint density at radius 3 is 2.59 bits per heavy atom. The molecule has 0 bridgehead atoms. The molecule has 0 unspecified atom stereocenters. The Hall–Kier alpha value is -2.87. The first-order valence-corrected chi connectivity index (χ1v) is 8.85. The molecule has 0 aliphatic carbocycles. The van der Waals surface area contributed by atoms with Crippen molar-refractivity contribution in [1.29, 1.82) is 0 Å². The third-order valence-electron chi connectivity index (χ3n) is 3.77. The molecule has 1 aliphatic rings. The second kappa shape index (κ2) is 7.79. The van der Waals surface area contributed by atoms with Crippen molar-refractivity contribution in [1.82, 2.24) is 5.01 Å². The van der Waals surface area contributed by atoms with Crippen molar-refractivity contribution in [2.75, 3.05) is 7.11 Å². The summed E-state index contributed by atoms with van der Waals surface area (Å²) in [6.45, 7) is 2.69. The topological polar surface area (TPSA) is 77.4 Å². The summed E-state index contributed by atoms with van der Waals surface area (Å²) >= 11 is 3.41. The van der Waals surface area contributed by atoms with Gasteiger partial charge in [-0.3, -0.25) is 9.59 Å². The molecule has 2 aromatic carbocycles. The summed E-state index contributed by atoms with van der Waals surface area (Å²) in [6, 6.07) is 12.3. The second-order valence-electron chi connectivity index (χ2n) is 5.75. The number of amides is 1. The Bertz CT molecular complexity index is 928. The van der Waals surface area contributed by atoms with E-state index in [4.69, 9.17) is 14.2 Å². The van der Waals surface area contributed by atoms with Gasteiger partial charge in [-0.15, -0.1) is 5.10 Å². The molecule has 0 spiro atoms. The highest BCUT2D eigenvalue weighted by atomic mass is 79.9. The lowest BCUT2D eigenvalue weighted by molar-refractivity contribution is -0.135. The lowest BCUT2D eigenvalue weighted by Crippen LogP contribution is -2.26. The number of halogens is 1. The lowest BCUT2D eigenvalue weighted by atomic mass is 10.1. The molecule has 27 heavy (non-hydrogen) atoms. The Morgan fingerprint density at radius 2 is 1.96 bits per heavy atom. The van der Waals surface area contributed by atoms with Crippen molar-refractivity contribution in [3.63, 3.8) is 0 Å². The highest BCUT2D eigenvalue weighted by Crippen LogP contribution is 2.38. The highest BCUT2D eigenvalue weighted by molar-refractivity contribution is 9.10. The number of carbonyl (C=O) groups excluding carboxylic acids is 2. The Balaban J connectivity index is 2.03. The average Bonchev–Trinajstić information content (AvgIpc) is 3.07. The van der Waals surface area contributed by atoms with E-state index in [0.29, 0.717) is 16.9 Å². The predicted octanol–water partition coefficient (Wildman–Crippen LogP) is 3.62. The fourth-order valence-corrected chi connectivity index (χ4v) is 3.00. The second-order valence-corrected chi connectivity index (χ2v) is 6.66. The molecule has 0 saturated heterocycles. The molecule has 1 amide bonds. The molecule has 1 aliphatic heterocycles. The number of esters is 1. The number of ether oxygens (including phenoxy) is 3. The zero-order chi connectivity index (χ0) is 19.6. The quantitative estimate of drug-likeness (QED) is 0.544. The van der Waals surface area contributed by atoms with Gasteiger partial charge < -0.3 is 14.2 Å². The fourth-order valence-electron chi connectivity index (χ4n) is 2.60. The Kier molecular flexibility index (Phi) is 5.46. The van der Waals surface area contributed by atoms with E-state index in [9.17, 15) is 9.59 Å². The number of carbonyl (C=O) groups is 2. The van der Waals surface area contributed by atoms with Gasteiger partial charge >= 0.3 is 5.97 Å². The van der Waals surface area contributed by atoms with E-state index in [1.165, 1.54) is 26.0 Å². The molecule has 7 nitrogen and oxygen atoms in total. The summed E-state index contributed by atoms with van der Waals surface area (Å²) in [5.41, 5.74) is 1.16. The number of hydrogen-bond acceptors (Lipinski definition) is 6. The van der Waals surface area contributed by atoms with Gasteiger partial charge in [0.2, 0.25) is 18.0 Å². The monoisotopic (exact) mass is 432 g/mol. The van der Waals surface area contributed by atoms with Gasteiger partial charge in [0.1, 0.15) is 11.5 Å². The van der Waals surface area contributed by atoms with Crippen LogP contribution >= 0.6 is 15.9 Å². The maximum Gasteiger partial charge on any atom is 0.308 e. The number of hydrazone groups is 1. The molecule has 1 heterocycles. The predicted molar refractivity (Wildman–Crippen MR) is 101 cm³/mol. The summed E-state index contributed by atoms with van der Waals surface area (Å²) in [5.74, 6) is 0.283. The normalized spacial score (nSPS) is 15.8. The van der Waals surface area contributed by atoms with Crippen LogP contribution < -0.4 is 9.47 Å². The molecular weight excluding hydrogens is 416 g/mol. The van der Waals surface area contributed by atoms with Gasteiger partial charge in [-0.1, -0.05) is 22.0 Å². The number of methoxy groups -OCH3 is 1. The summed E-state index contributed by atoms with van der Waals surface area (Å²) in [5, 5.41) is 5.51. The van der Waals surface area contributed by atoms with Gasteiger partial charge in [0.05, 0.1) is 12.7 Å². The largest absolute Gasteiger partial charge is 0.497 e. The number of rotatable bonds is 4. The first-order chi connectivity index (χ1) is 12.9. The van der Waals surface area contributed by atoms with Crippen LogP contribution in [0.15, 0.2) is 52.0 Å². The molecule has 0 radical (unpaired) electrons. The van der Waals surface area contributed by atoms with Crippen LogP contribution in [0.2, 0.25) is 0 Å². The van der Waals surface area contributed by atoms with Crippen LogP contribution in [-0.4, -0.2) is 29.9 Å². The molecule has 2 aromatic rings. The molecule has 140 valence electrons. The van der Waals surface area contributed by atoms with E-state index in [-0.39, 0.29) is 17.6 Å². The number of nitrogens with zero attached hydrogens (tertiary/aromatic N) is 2. The van der Waals surface area contributed by atoms with Crippen LogP contribution in [0.25, 0.3) is 0 Å². The van der Waals surface area contributed by atoms with E-state index >= 15 is 0 Å². The smallest absolute Gasteiger partial charge is 0.308 e. The minimum Gasteiger partial charge on any atom is -0.497 e. The molecular formula is C19H17BrN2O5. The first kappa shape index (κ1) is 18.9. The Morgan fingerprint density at radius 1 is 1.19 bits per heavy atom. The molecule has 0 N–H and O–H groups in total. The maximum absolute atomic E-state index is 12.2. The van der Waals surface area contributed by atoms with Gasteiger partial charge in [0, 0.05) is 23.9 Å². The average molecular weight is 433 g/mol. The van der Waals surface area contributed by atoms with Gasteiger partial charge in [0.15, 0.2) is 0 Å². The number of benzene rings is 2. The van der Waals surface area contributed by atoms with Crippen LogP contribution in [0.1, 0.15) is 31.2 Å². The van der Waals surface area contributed by atoms with Crippen molar-refractivity contribution >= 4 is 33.7 Å². The maximum atomic E-state index is 12.2. The van der Waals surface area contributed by atoms with Crippen molar-refractivity contribution in [2.24, 2.45) is 5.10 Å². The molecule has 0 fully saturated rings. The van der Waals surface area contributed by atoms with Gasteiger partial charge in [-0.05, 0) is 36.4 Å². The van der Waals surface area contributed by atoms with E-state index in [0.717, 1.165) is 4.47 Å². The summed E-state index contributed by atoms with van der Waals surface area (Å²) in [4.78, 5) is 23.6. The van der Waals surface area contributed by atoms with Crippen LogP contribution in [0.3, 0.4) is 0 Å². The van der Waals surface area contributed by atoms with Crippen LogP contribution in [0, 0.1) is 0 Å². The minimum atomic E-state index is -0.888. The molecule has 0 saturated carbocycles. The van der Waals surface area contributed by atoms with E-state index in [1.54, 1.807) is 18.2 Å².